The van der Waals surface area contributed by atoms with Gasteiger partial charge < -0.3 is 33.2 Å². The number of unbranched alkanes of at least 4 members (excludes halogenated alkanes) is 2. The Morgan fingerprint density at radius 2 is 1.37 bits per heavy atom. The first-order valence-electron chi connectivity index (χ1n) is 17.6. The summed E-state index contributed by atoms with van der Waals surface area (Å²) >= 11 is 0. The van der Waals surface area contributed by atoms with Crippen molar-refractivity contribution in [1.82, 2.24) is 20.3 Å². The Morgan fingerprint density at radius 3 is 2.10 bits per heavy atom. The van der Waals surface area contributed by atoms with Crippen molar-refractivity contribution in [3.63, 3.8) is 0 Å². The monoisotopic (exact) mass is 717 g/mol. The van der Waals surface area contributed by atoms with Gasteiger partial charge in [-0.15, -0.1) is 0 Å². The van der Waals surface area contributed by atoms with Crippen LogP contribution in [0.3, 0.4) is 0 Å². The summed E-state index contributed by atoms with van der Waals surface area (Å²) in [6.45, 7) is 0.332. The van der Waals surface area contributed by atoms with Crippen molar-refractivity contribution < 1.29 is 22.8 Å². The average molecular weight is 718 g/mol. The van der Waals surface area contributed by atoms with E-state index in [-0.39, 0.29) is 25.4 Å². The number of hydrogen-bond donors (Lipinski definition) is 6. The second kappa shape index (κ2) is 19.8. The lowest BCUT2D eigenvalue weighted by atomic mass is 10.0. The summed E-state index contributed by atoms with van der Waals surface area (Å²) in [7, 11) is -3.97. The fourth-order valence-electron chi connectivity index (χ4n) is 6.04. The molecule has 4 aromatic rings. The van der Waals surface area contributed by atoms with Crippen molar-refractivity contribution >= 4 is 49.3 Å². The van der Waals surface area contributed by atoms with Crippen molar-refractivity contribution in [2.45, 2.75) is 57.2 Å². The van der Waals surface area contributed by atoms with Crippen molar-refractivity contribution in [2.75, 3.05) is 38.5 Å². The number of rotatable bonds is 21. The Kier molecular flexibility index (Phi) is 15.3. The van der Waals surface area contributed by atoms with E-state index in [1.165, 1.54) is 0 Å². The van der Waals surface area contributed by atoms with Crippen LogP contribution in [-0.2, 0) is 26.2 Å². The van der Waals surface area contributed by atoms with E-state index >= 15 is 0 Å². The minimum atomic E-state index is -3.97. The van der Waals surface area contributed by atoms with Crippen LogP contribution in [-0.4, -0.2) is 81.0 Å². The Labute approximate surface area is 300 Å². The third-order valence-electron chi connectivity index (χ3n) is 8.80. The quantitative estimate of drug-likeness (QED) is 0.0706. The molecule has 0 saturated carbocycles. The molecule has 13 heteroatoms. The van der Waals surface area contributed by atoms with Gasteiger partial charge in [0.25, 0.3) is 5.91 Å². The smallest absolute Gasteiger partial charge is 0.251 e. The molecule has 2 atom stereocenters. The van der Waals surface area contributed by atoms with Gasteiger partial charge in [0, 0.05) is 31.2 Å². The molecule has 12 nitrogen and oxygen atoms in total. The van der Waals surface area contributed by atoms with Crippen LogP contribution < -0.4 is 33.2 Å². The molecule has 0 heterocycles. The molecule has 3 amide bonds. The standard InChI is InChI=1S/C38H51N7O5S/c39-20-7-5-15-33(43-38(48)35(17-6-8-21-40)44-37(47)31-19-18-28-10-1-2-12-30(28)24-31)26-45(51(49,50)23-22-41)27-36(46)42-25-32-14-9-13-29-11-3-4-16-34(29)32/h1-4,9-14,16,18-19,24,33,35H,5-8,15,17,20-23,25-27,39-41H2,(H,42,46)(H,43,48)(H,44,47)/t33-,35-/m0/s1. The lowest BCUT2D eigenvalue weighted by Crippen LogP contribution is -2.54. The number of nitrogens with one attached hydrogen (secondary N) is 3. The van der Waals surface area contributed by atoms with Crippen molar-refractivity contribution in [2.24, 2.45) is 17.2 Å². The summed E-state index contributed by atoms with van der Waals surface area (Å²) in [5.41, 5.74) is 18.5. The van der Waals surface area contributed by atoms with Crippen molar-refractivity contribution in [3.05, 3.63) is 96.1 Å². The maximum Gasteiger partial charge on any atom is 0.251 e. The first-order chi connectivity index (χ1) is 24.6. The van der Waals surface area contributed by atoms with Gasteiger partial charge in [-0.05, 0) is 84.4 Å². The van der Waals surface area contributed by atoms with Gasteiger partial charge >= 0.3 is 0 Å². The molecule has 0 aliphatic heterocycles. The number of carbonyl (C=O) groups is 3. The predicted octanol–water partition coefficient (Wildman–Crippen LogP) is 2.74. The van der Waals surface area contributed by atoms with Crippen molar-refractivity contribution in [3.8, 4) is 0 Å². The number of benzene rings is 4. The molecule has 0 fully saturated rings. The molecule has 274 valence electrons. The lowest BCUT2D eigenvalue weighted by molar-refractivity contribution is -0.124. The van der Waals surface area contributed by atoms with E-state index in [2.05, 4.69) is 16.0 Å². The molecule has 0 aromatic heterocycles. The molecule has 9 N–H and O–H groups in total. The van der Waals surface area contributed by atoms with Gasteiger partial charge in [-0.3, -0.25) is 14.4 Å². The van der Waals surface area contributed by atoms with Crippen LogP contribution in [0, 0.1) is 0 Å². The molecule has 0 spiro atoms. The number of amides is 3. The van der Waals surface area contributed by atoms with Gasteiger partial charge in [-0.25, -0.2) is 8.42 Å². The molecule has 4 rings (SSSR count). The molecule has 0 radical (unpaired) electrons. The normalized spacial score (nSPS) is 12.9. The van der Waals surface area contributed by atoms with Gasteiger partial charge in [0.1, 0.15) is 6.04 Å². The zero-order valence-corrected chi connectivity index (χ0v) is 29.9. The van der Waals surface area contributed by atoms with E-state index < -0.39 is 46.4 Å². The topological polar surface area (TPSA) is 203 Å². The fraction of sp³-hybridized carbons (Fsp3) is 0.395. The van der Waals surface area contributed by atoms with Crippen LogP contribution in [0.2, 0.25) is 0 Å². The van der Waals surface area contributed by atoms with Crippen LogP contribution in [0.5, 0.6) is 0 Å². The van der Waals surface area contributed by atoms with Gasteiger partial charge in [0.05, 0.1) is 12.3 Å². The van der Waals surface area contributed by atoms with E-state index in [1.807, 2.05) is 72.8 Å². The van der Waals surface area contributed by atoms with Crippen LogP contribution in [0.1, 0.15) is 54.4 Å². The molecule has 51 heavy (non-hydrogen) atoms. The molecular formula is C38H51N7O5S. The van der Waals surface area contributed by atoms with Crippen molar-refractivity contribution in [1.29, 1.82) is 0 Å². The Morgan fingerprint density at radius 1 is 0.706 bits per heavy atom. The van der Waals surface area contributed by atoms with Gasteiger partial charge in [-0.1, -0.05) is 79.2 Å². The summed E-state index contributed by atoms with van der Waals surface area (Å²) in [4.78, 5) is 40.5. The van der Waals surface area contributed by atoms with Gasteiger partial charge in [0.2, 0.25) is 21.8 Å². The van der Waals surface area contributed by atoms with E-state index in [0.717, 1.165) is 31.4 Å². The first-order valence-corrected chi connectivity index (χ1v) is 19.2. The highest BCUT2D eigenvalue weighted by Gasteiger charge is 2.30. The van der Waals surface area contributed by atoms with E-state index in [0.29, 0.717) is 57.2 Å². The number of fused-ring (bicyclic) bond motifs is 2. The minimum Gasteiger partial charge on any atom is -0.351 e. The van der Waals surface area contributed by atoms with Crippen LogP contribution in [0.15, 0.2) is 84.9 Å². The summed E-state index contributed by atoms with van der Waals surface area (Å²) in [6.07, 6.45) is 3.27. The molecule has 0 bridgehead atoms. The predicted molar refractivity (Wildman–Crippen MR) is 203 cm³/mol. The average Bonchev–Trinajstić information content (AvgIpc) is 3.13. The SMILES string of the molecule is NCCCC[C@@H](CN(CC(=O)NCc1cccc2ccccc12)S(=O)(=O)CCN)NC(=O)[C@H](CCCCN)NC(=O)c1ccc2ccccc2c1. The molecule has 0 unspecified atom stereocenters. The largest absolute Gasteiger partial charge is 0.351 e. The van der Waals surface area contributed by atoms with E-state index in [4.69, 9.17) is 17.2 Å². The van der Waals surface area contributed by atoms with Gasteiger partial charge in [-0.2, -0.15) is 4.31 Å². The number of sulfonamides is 1. The fourth-order valence-corrected chi connectivity index (χ4v) is 7.31. The summed E-state index contributed by atoms with van der Waals surface area (Å²) in [5, 5.41) is 12.6. The highest BCUT2D eigenvalue weighted by atomic mass is 32.2. The number of nitrogens with zero attached hydrogens (tertiary/aromatic N) is 1. The lowest BCUT2D eigenvalue weighted by Gasteiger charge is -2.29. The Hall–Kier alpha value is -4.40. The zero-order valence-electron chi connectivity index (χ0n) is 29.1. The number of nitrogens with two attached hydrogens (primary N) is 3. The molecule has 4 aromatic carbocycles. The molecule has 0 saturated heterocycles. The third-order valence-corrected chi connectivity index (χ3v) is 10.6. The first kappa shape index (κ1) is 39.4. The second-order valence-electron chi connectivity index (χ2n) is 12.7. The Bertz CT molecular complexity index is 1860. The Balaban J connectivity index is 1.50. The van der Waals surface area contributed by atoms with Crippen LogP contribution in [0.25, 0.3) is 21.5 Å². The highest BCUT2D eigenvalue weighted by molar-refractivity contribution is 7.89. The minimum absolute atomic E-state index is 0.134. The van der Waals surface area contributed by atoms with Gasteiger partial charge in [0.15, 0.2) is 0 Å². The maximum absolute atomic E-state index is 13.9. The van der Waals surface area contributed by atoms with Crippen LogP contribution in [0.4, 0.5) is 0 Å². The maximum atomic E-state index is 13.9. The zero-order chi connectivity index (χ0) is 36.6. The molecular weight excluding hydrogens is 667 g/mol. The van der Waals surface area contributed by atoms with E-state index in [1.54, 1.807) is 12.1 Å². The summed E-state index contributed by atoms with van der Waals surface area (Å²) in [6, 6.07) is 25.1. The third kappa shape index (κ3) is 11.8. The van der Waals surface area contributed by atoms with Crippen LogP contribution >= 0.6 is 0 Å². The number of carbonyl (C=O) groups excluding carboxylic acids is 3. The molecule has 0 aliphatic carbocycles. The second-order valence-corrected chi connectivity index (χ2v) is 14.8. The summed E-state index contributed by atoms with van der Waals surface area (Å²) in [5.74, 6) is -1.70. The summed E-state index contributed by atoms with van der Waals surface area (Å²) < 4.78 is 28.0. The highest BCUT2D eigenvalue weighted by Crippen LogP contribution is 2.19. The molecule has 0 aliphatic rings. The number of hydrogen-bond acceptors (Lipinski definition) is 8. The van der Waals surface area contributed by atoms with E-state index in [9.17, 15) is 22.8 Å².